The largest absolute Gasteiger partial charge is 0.301 e. The molecule has 0 spiro atoms. The molecule has 2 heterocycles. The fourth-order valence-electron chi connectivity index (χ4n) is 2.23. The van der Waals surface area contributed by atoms with Crippen molar-refractivity contribution in [3.63, 3.8) is 0 Å². The Kier molecular flexibility index (Phi) is 5.07. The van der Waals surface area contributed by atoms with E-state index in [1.807, 2.05) is 10.9 Å². The molecule has 0 aromatic carbocycles. The summed E-state index contributed by atoms with van der Waals surface area (Å²) in [6.45, 7) is 15.2. The van der Waals surface area contributed by atoms with E-state index in [0.29, 0.717) is 6.04 Å². The zero-order valence-electron chi connectivity index (χ0n) is 14.7. The van der Waals surface area contributed by atoms with Crippen molar-refractivity contribution in [2.75, 3.05) is 0 Å². The van der Waals surface area contributed by atoms with Gasteiger partial charge in [-0.2, -0.15) is 5.10 Å². The summed E-state index contributed by atoms with van der Waals surface area (Å²) in [4.78, 5) is 4.80. The van der Waals surface area contributed by atoms with Crippen LogP contribution in [0.5, 0.6) is 0 Å². The first kappa shape index (κ1) is 17.2. The fourth-order valence-corrected chi connectivity index (χ4v) is 3.29. The minimum absolute atomic E-state index is 0.110. The summed E-state index contributed by atoms with van der Waals surface area (Å²) in [6, 6.07) is 0.884. The van der Waals surface area contributed by atoms with E-state index in [9.17, 15) is 0 Å². The lowest BCUT2D eigenvalue weighted by atomic mass is 9.93. The van der Waals surface area contributed by atoms with Crippen molar-refractivity contribution in [2.45, 2.75) is 72.0 Å². The summed E-state index contributed by atoms with van der Waals surface area (Å²) in [6.07, 6.45) is 4.07. The molecule has 2 rings (SSSR count). The molecule has 0 radical (unpaired) electrons. The molecule has 0 aliphatic heterocycles. The normalized spacial score (nSPS) is 15.3. The van der Waals surface area contributed by atoms with Gasteiger partial charge < -0.3 is 5.32 Å². The molecule has 0 bridgehead atoms. The van der Waals surface area contributed by atoms with E-state index >= 15 is 0 Å². The summed E-state index contributed by atoms with van der Waals surface area (Å²) in [7, 11) is 0. The molecule has 2 aromatic rings. The van der Waals surface area contributed by atoms with Gasteiger partial charge in [-0.3, -0.25) is 4.68 Å². The first-order valence-electron chi connectivity index (χ1n) is 7.94. The Bertz CT molecular complexity index is 606. The van der Waals surface area contributed by atoms with Gasteiger partial charge in [0.15, 0.2) is 0 Å². The number of aromatic nitrogens is 3. The zero-order valence-corrected chi connectivity index (χ0v) is 15.5. The predicted molar refractivity (Wildman–Crippen MR) is 93.4 cm³/mol. The van der Waals surface area contributed by atoms with Gasteiger partial charge in [-0.05, 0) is 27.7 Å². The Morgan fingerprint density at radius 3 is 2.32 bits per heavy atom. The molecular weight excluding hydrogens is 292 g/mol. The molecule has 0 aliphatic rings. The van der Waals surface area contributed by atoms with Crippen molar-refractivity contribution in [1.82, 2.24) is 20.1 Å². The molecule has 0 saturated carbocycles. The average Bonchev–Trinajstić information content (AvgIpc) is 3.07. The maximum absolute atomic E-state index is 4.80. The molecular formula is C17H28N4S. The highest BCUT2D eigenvalue weighted by molar-refractivity contribution is 7.09. The highest BCUT2D eigenvalue weighted by atomic mass is 32.1. The number of nitrogens with one attached hydrogen (secondary N) is 1. The lowest BCUT2D eigenvalue weighted by molar-refractivity contribution is 0.486. The van der Waals surface area contributed by atoms with E-state index < -0.39 is 0 Å². The van der Waals surface area contributed by atoms with Gasteiger partial charge in [0.25, 0.3) is 0 Å². The highest BCUT2D eigenvalue weighted by Gasteiger charge is 2.20. The predicted octanol–water partition coefficient (Wildman–Crippen LogP) is 4.63. The van der Waals surface area contributed by atoms with Crippen molar-refractivity contribution < 1.29 is 0 Å². The van der Waals surface area contributed by atoms with Crippen LogP contribution >= 0.6 is 11.3 Å². The standard InChI is InChI=1S/C17H28N4S/c1-11(2)21-9-14(8-18-21)12(3)19-13(4)16-20-15(10-22-16)17(5,6)7/h8-13,19H,1-7H3/t12-,13-/m0/s1. The van der Waals surface area contributed by atoms with Gasteiger partial charge in [0.05, 0.1) is 17.9 Å². The zero-order chi connectivity index (χ0) is 16.5. The average molecular weight is 321 g/mol. The molecule has 5 heteroatoms. The van der Waals surface area contributed by atoms with Crippen LogP contribution in [0.1, 0.15) is 82.9 Å². The third-order valence-electron chi connectivity index (χ3n) is 3.81. The van der Waals surface area contributed by atoms with Crippen molar-refractivity contribution in [3.8, 4) is 0 Å². The minimum atomic E-state index is 0.110. The summed E-state index contributed by atoms with van der Waals surface area (Å²) < 4.78 is 2.00. The molecule has 4 nitrogen and oxygen atoms in total. The van der Waals surface area contributed by atoms with Crippen molar-refractivity contribution in [2.24, 2.45) is 0 Å². The molecule has 0 amide bonds. The number of nitrogens with zero attached hydrogens (tertiary/aromatic N) is 3. The second-order valence-electron chi connectivity index (χ2n) is 7.28. The molecule has 0 saturated heterocycles. The smallest absolute Gasteiger partial charge is 0.110 e. The molecule has 22 heavy (non-hydrogen) atoms. The maximum Gasteiger partial charge on any atom is 0.110 e. The summed E-state index contributed by atoms with van der Waals surface area (Å²) in [5, 5.41) is 11.4. The van der Waals surface area contributed by atoms with Crippen molar-refractivity contribution in [1.29, 1.82) is 0 Å². The number of hydrogen-bond acceptors (Lipinski definition) is 4. The van der Waals surface area contributed by atoms with Crippen LogP contribution in [-0.2, 0) is 5.41 Å². The Balaban J connectivity index is 2.04. The SMILES string of the molecule is CC(C)n1cc([C@H](C)N[C@@H](C)c2nc(C(C)(C)C)cs2)cn1. The molecule has 2 atom stereocenters. The van der Waals surface area contributed by atoms with Gasteiger partial charge in [-0.15, -0.1) is 11.3 Å². The van der Waals surface area contributed by atoms with E-state index in [4.69, 9.17) is 4.98 Å². The summed E-state index contributed by atoms with van der Waals surface area (Å²) >= 11 is 1.74. The van der Waals surface area contributed by atoms with Crippen molar-refractivity contribution in [3.05, 3.63) is 34.0 Å². The quantitative estimate of drug-likeness (QED) is 0.873. The second-order valence-corrected chi connectivity index (χ2v) is 8.17. The lowest BCUT2D eigenvalue weighted by Gasteiger charge is -2.18. The molecule has 0 aliphatic carbocycles. The van der Waals surface area contributed by atoms with Gasteiger partial charge in [-0.1, -0.05) is 20.8 Å². The maximum atomic E-state index is 4.80. The van der Waals surface area contributed by atoms with Crippen LogP contribution in [0, 0.1) is 0 Å². The molecule has 1 N–H and O–H groups in total. The molecule has 0 fully saturated rings. The van der Waals surface area contributed by atoms with E-state index in [0.717, 1.165) is 5.01 Å². The molecule has 0 unspecified atom stereocenters. The van der Waals surface area contributed by atoms with Crippen LogP contribution in [0.3, 0.4) is 0 Å². The fraction of sp³-hybridized carbons (Fsp3) is 0.647. The van der Waals surface area contributed by atoms with Gasteiger partial charge in [0, 0.05) is 34.6 Å². The van der Waals surface area contributed by atoms with Gasteiger partial charge >= 0.3 is 0 Å². The third-order valence-corrected chi connectivity index (χ3v) is 4.84. The minimum Gasteiger partial charge on any atom is -0.301 e. The van der Waals surface area contributed by atoms with Crippen LogP contribution in [0.15, 0.2) is 17.8 Å². The summed E-state index contributed by atoms with van der Waals surface area (Å²) in [5.74, 6) is 0. The Hall–Kier alpha value is -1.20. The second kappa shape index (κ2) is 6.50. The molecule has 2 aromatic heterocycles. The Morgan fingerprint density at radius 2 is 1.82 bits per heavy atom. The van der Waals surface area contributed by atoms with Crippen LogP contribution in [-0.4, -0.2) is 14.8 Å². The van der Waals surface area contributed by atoms with E-state index in [1.54, 1.807) is 11.3 Å². The van der Waals surface area contributed by atoms with E-state index in [2.05, 4.69) is 70.5 Å². The van der Waals surface area contributed by atoms with Crippen LogP contribution in [0.25, 0.3) is 0 Å². The van der Waals surface area contributed by atoms with Crippen LogP contribution in [0.4, 0.5) is 0 Å². The number of rotatable bonds is 5. The van der Waals surface area contributed by atoms with Crippen LogP contribution in [0.2, 0.25) is 0 Å². The number of thiazole rings is 1. The highest BCUT2D eigenvalue weighted by Crippen LogP contribution is 2.28. The lowest BCUT2D eigenvalue weighted by Crippen LogP contribution is -2.22. The topological polar surface area (TPSA) is 42.7 Å². The third kappa shape index (κ3) is 3.96. The van der Waals surface area contributed by atoms with E-state index in [-0.39, 0.29) is 17.5 Å². The van der Waals surface area contributed by atoms with Gasteiger partial charge in [0.1, 0.15) is 5.01 Å². The van der Waals surface area contributed by atoms with Crippen LogP contribution < -0.4 is 5.32 Å². The Morgan fingerprint density at radius 1 is 1.14 bits per heavy atom. The first-order chi connectivity index (χ1) is 10.2. The monoisotopic (exact) mass is 320 g/mol. The van der Waals surface area contributed by atoms with Crippen molar-refractivity contribution >= 4 is 11.3 Å². The van der Waals surface area contributed by atoms with E-state index in [1.165, 1.54) is 11.3 Å². The first-order valence-corrected chi connectivity index (χ1v) is 8.82. The summed E-state index contributed by atoms with van der Waals surface area (Å²) in [5.41, 5.74) is 2.49. The number of hydrogen-bond donors (Lipinski definition) is 1. The Labute approximate surface area is 138 Å². The van der Waals surface area contributed by atoms with Gasteiger partial charge in [0.2, 0.25) is 0 Å². The van der Waals surface area contributed by atoms with Gasteiger partial charge in [-0.25, -0.2) is 4.98 Å². The molecule has 122 valence electrons.